The molecule has 0 fully saturated rings. The quantitative estimate of drug-likeness (QED) is 0.654. The van der Waals surface area contributed by atoms with Gasteiger partial charge in [0.05, 0.1) is 5.69 Å². The Morgan fingerprint density at radius 2 is 2.07 bits per heavy atom. The van der Waals surface area contributed by atoms with Crippen LogP contribution in [0.15, 0.2) is 30.5 Å². The summed E-state index contributed by atoms with van der Waals surface area (Å²) in [5.74, 6) is -0.871. The van der Waals surface area contributed by atoms with E-state index in [1.807, 2.05) is 0 Å². The van der Waals surface area contributed by atoms with Crippen LogP contribution in [0.4, 0.5) is 8.78 Å². The number of nitrogens with zero attached hydrogens (tertiary/aromatic N) is 1. The Morgan fingerprint density at radius 1 is 1.29 bits per heavy atom. The third-order valence-electron chi connectivity index (χ3n) is 2.07. The summed E-state index contributed by atoms with van der Waals surface area (Å²) in [6.07, 6.45) is 1.67. The van der Waals surface area contributed by atoms with Crippen LogP contribution in [-0.2, 0) is 7.05 Å². The predicted octanol–water partition coefficient (Wildman–Crippen LogP) is 2.77. The maximum Gasteiger partial charge on any atom is 0.132 e. The van der Waals surface area contributed by atoms with Gasteiger partial charge in [0.15, 0.2) is 0 Å². The number of aromatic nitrogens is 1. The summed E-state index contributed by atoms with van der Waals surface area (Å²) in [4.78, 5) is 0. The molecule has 2 rings (SSSR count). The third kappa shape index (κ3) is 1.41. The lowest BCUT2D eigenvalue weighted by atomic mass is 10.1. The molecule has 1 nitrogen and oxygen atoms in total. The number of rotatable bonds is 1. The highest BCUT2D eigenvalue weighted by atomic mass is 19.1. The minimum absolute atomic E-state index is 0.258. The number of halogens is 2. The molecule has 0 amide bonds. The molecule has 0 saturated heterocycles. The zero-order chi connectivity index (χ0) is 10.1. The van der Waals surface area contributed by atoms with E-state index in [4.69, 9.17) is 0 Å². The Labute approximate surface area is 80.6 Å². The highest BCUT2D eigenvalue weighted by Gasteiger charge is 2.08. The molecule has 0 unspecified atom stereocenters. The van der Waals surface area contributed by atoms with Gasteiger partial charge in [0.1, 0.15) is 11.6 Å². The first-order chi connectivity index (χ1) is 6.68. The summed E-state index contributed by atoms with van der Waals surface area (Å²) < 4.78 is 27.9. The van der Waals surface area contributed by atoms with Gasteiger partial charge in [-0.25, -0.2) is 8.78 Å². The zero-order valence-corrected chi connectivity index (χ0v) is 7.59. The Morgan fingerprint density at radius 3 is 2.71 bits per heavy atom. The van der Waals surface area contributed by atoms with Crippen LogP contribution in [-0.4, -0.2) is 4.57 Å². The van der Waals surface area contributed by atoms with Gasteiger partial charge in [-0.15, -0.1) is 0 Å². The molecule has 71 valence electrons. The number of hydrogen-bond acceptors (Lipinski definition) is 0. The van der Waals surface area contributed by atoms with E-state index in [2.05, 4.69) is 6.07 Å². The van der Waals surface area contributed by atoms with Gasteiger partial charge in [0.25, 0.3) is 0 Å². The molecule has 3 heteroatoms. The van der Waals surface area contributed by atoms with E-state index >= 15 is 0 Å². The number of hydrogen-bond donors (Lipinski definition) is 0. The fourth-order valence-corrected chi connectivity index (χ4v) is 1.36. The Kier molecular flexibility index (Phi) is 2.08. The fraction of sp³-hybridized carbons (Fsp3) is 0.0909. The largest absolute Gasteiger partial charge is 0.350 e. The zero-order valence-electron chi connectivity index (χ0n) is 7.59. The average molecular weight is 192 g/mol. The third-order valence-corrected chi connectivity index (χ3v) is 2.07. The summed E-state index contributed by atoms with van der Waals surface area (Å²) in [5, 5.41) is 0. The summed E-state index contributed by atoms with van der Waals surface area (Å²) in [5.41, 5.74) is 0.871. The van der Waals surface area contributed by atoms with Gasteiger partial charge in [0, 0.05) is 24.9 Å². The molecule has 14 heavy (non-hydrogen) atoms. The lowest BCUT2D eigenvalue weighted by Gasteiger charge is -2.04. The molecule has 1 radical (unpaired) electrons. The van der Waals surface area contributed by atoms with Crippen molar-refractivity contribution in [3.8, 4) is 11.3 Å². The predicted molar refractivity (Wildman–Crippen MR) is 49.6 cm³/mol. The first-order valence-electron chi connectivity index (χ1n) is 4.16. The second kappa shape index (κ2) is 3.25. The van der Waals surface area contributed by atoms with Crippen molar-refractivity contribution in [2.75, 3.05) is 0 Å². The highest BCUT2D eigenvalue weighted by molar-refractivity contribution is 5.60. The molecule has 0 aliphatic carbocycles. The molecule has 0 spiro atoms. The van der Waals surface area contributed by atoms with Crippen molar-refractivity contribution >= 4 is 0 Å². The molecule has 0 aliphatic heterocycles. The molecule has 0 bridgehead atoms. The lowest BCUT2D eigenvalue weighted by molar-refractivity contribution is 0.602. The second-order valence-corrected chi connectivity index (χ2v) is 3.06. The van der Waals surface area contributed by atoms with Crippen molar-refractivity contribution in [1.29, 1.82) is 0 Å². The monoisotopic (exact) mass is 192 g/mol. The maximum atomic E-state index is 13.3. The van der Waals surface area contributed by atoms with Crippen LogP contribution in [0.1, 0.15) is 0 Å². The molecule has 0 N–H and O–H groups in total. The van der Waals surface area contributed by atoms with Crippen LogP contribution in [0, 0.1) is 17.7 Å². The molecule has 1 heterocycles. The number of benzene rings is 1. The first kappa shape index (κ1) is 8.94. The second-order valence-electron chi connectivity index (χ2n) is 3.06. The van der Waals surface area contributed by atoms with Crippen LogP contribution in [0.25, 0.3) is 11.3 Å². The first-order valence-corrected chi connectivity index (χ1v) is 4.16. The van der Waals surface area contributed by atoms with E-state index in [1.165, 1.54) is 6.07 Å². The van der Waals surface area contributed by atoms with E-state index in [0.29, 0.717) is 5.69 Å². The van der Waals surface area contributed by atoms with Gasteiger partial charge in [0.2, 0.25) is 0 Å². The fourth-order valence-electron chi connectivity index (χ4n) is 1.36. The van der Waals surface area contributed by atoms with E-state index in [-0.39, 0.29) is 5.56 Å². The van der Waals surface area contributed by atoms with E-state index in [1.54, 1.807) is 23.9 Å². The molecular formula is C11H8F2N. The van der Waals surface area contributed by atoms with Crippen molar-refractivity contribution in [1.82, 2.24) is 4.57 Å². The van der Waals surface area contributed by atoms with Crippen LogP contribution in [0.3, 0.4) is 0 Å². The van der Waals surface area contributed by atoms with Gasteiger partial charge in [-0.1, -0.05) is 0 Å². The van der Waals surface area contributed by atoms with Crippen molar-refractivity contribution < 1.29 is 8.78 Å². The molecule has 2 aromatic rings. The molecular weight excluding hydrogens is 184 g/mol. The molecule has 0 saturated carbocycles. The lowest BCUT2D eigenvalue weighted by Crippen LogP contribution is -1.93. The molecule has 1 aromatic carbocycles. The number of aryl methyl sites for hydroxylation is 1. The van der Waals surface area contributed by atoms with Crippen molar-refractivity contribution in [2.45, 2.75) is 0 Å². The molecule has 1 aromatic heterocycles. The van der Waals surface area contributed by atoms with E-state index in [9.17, 15) is 8.78 Å². The Bertz CT molecular complexity index is 460. The van der Waals surface area contributed by atoms with Crippen LogP contribution in [0.2, 0.25) is 0 Å². The summed E-state index contributed by atoms with van der Waals surface area (Å²) >= 11 is 0. The summed E-state index contributed by atoms with van der Waals surface area (Å²) in [6, 6.07) is 7.84. The standard InChI is InChI=1S/C11H8F2N/c1-14-6-2-3-11(14)9-7-8(12)4-5-10(9)13/h3-7H,1H3. The van der Waals surface area contributed by atoms with E-state index in [0.717, 1.165) is 12.1 Å². The Balaban J connectivity index is 2.62. The normalized spacial score (nSPS) is 10.5. The van der Waals surface area contributed by atoms with Crippen LogP contribution >= 0.6 is 0 Å². The molecule has 0 atom stereocenters. The smallest absolute Gasteiger partial charge is 0.132 e. The topological polar surface area (TPSA) is 4.93 Å². The molecule has 0 aliphatic rings. The SMILES string of the molecule is Cn1c[c]cc1-c1cc(F)ccc1F. The highest BCUT2D eigenvalue weighted by Crippen LogP contribution is 2.23. The summed E-state index contributed by atoms with van der Waals surface area (Å²) in [6.45, 7) is 0. The minimum Gasteiger partial charge on any atom is -0.350 e. The maximum absolute atomic E-state index is 13.3. The Hall–Kier alpha value is -1.64. The van der Waals surface area contributed by atoms with Gasteiger partial charge < -0.3 is 4.57 Å². The van der Waals surface area contributed by atoms with Crippen molar-refractivity contribution in [3.05, 3.63) is 48.2 Å². The average Bonchev–Trinajstić information content (AvgIpc) is 2.56. The minimum atomic E-state index is -0.442. The van der Waals surface area contributed by atoms with Gasteiger partial charge in [-0.05, 0) is 24.3 Å². The van der Waals surface area contributed by atoms with Crippen molar-refractivity contribution in [3.63, 3.8) is 0 Å². The van der Waals surface area contributed by atoms with Crippen LogP contribution in [0.5, 0.6) is 0 Å². The van der Waals surface area contributed by atoms with Crippen LogP contribution < -0.4 is 0 Å². The van der Waals surface area contributed by atoms with Gasteiger partial charge >= 0.3 is 0 Å². The van der Waals surface area contributed by atoms with Gasteiger partial charge in [-0.3, -0.25) is 0 Å². The van der Waals surface area contributed by atoms with Crippen molar-refractivity contribution in [2.24, 2.45) is 7.05 Å². The van der Waals surface area contributed by atoms with Gasteiger partial charge in [-0.2, -0.15) is 0 Å². The van der Waals surface area contributed by atoms with E-state index < -0.39 is 11.6 Å². The summed E-state index contributed by atoms with van der Waals surface area (Å²) in [7, 11) is 1.76.